The van der Waals surface area contributed by atoms with Gasteiger partial charge in [0.15, 0.2) is 0 Å². The monoisotopic (exact) mass is 333 g/mol. The van der Waals surface area contributed by atoms with Crippen molar-refractivity contribution in [1.82, 2.24) is 9.97 Å². The van der Waals surface area contributed by atoms with Crippen LogP contribution in [0.4, 0.5) is 5.82 Å². The minimum Gasteiger partial charge on any atom is -0.387 e. The van der Waals surface area contributed by atoms with Crippen LogP contribution in [0.3, 0.4) is 0 Å². The first-order valence-corrected chi connectivity index (χ1v) is 7.48. The summed E-state index contributed by atoms with van der Waals surface area (Å²) in [6, 6.07) is 12.8. The molecule has 0 spiro atoms. The van der Waals surface area contributed by atoms with Crippen molar-refractivity contribution in [2.45, 2.75) is 6.10 Å². The summed E-state index contributed by atoms with van der Waals surface area (Å²) in [7, 11) is 0. The van der Waals surface area contributed by atoms with Crippen molar-refractivity contribution >= 4 is 40.1 Å². The summed E-state index contributed by atoms with van der Waals surface area (Å²) >= 11 is 11.9. The van der Waals surface area contributed by atoms with Gasteiger partial charge in [0.05, 0.1) is 33.4 Å². The van der Waals surface area contributed by atoms with Crippen molar-refractivity contribution in [1.29, 1.82) is 0 Å². The zero-order valence-electron chi connectivity index (χ0n) is 11.5. The average Bonchev–Trinajstić information content (AvgIpc) is 2.54. The second-order valence-electron chi connectivity index (χ2n) is 4.82. The van der Waals surface area contributed by atoms with E-state index in [9.17, 15) is 5.11 Å². The molecule has 3 rings (SSSR count). The smallest absolute Gasteiger partial charge is 0.145 e. The molecule has 0 bridgehead atoms. The average molecular weight is 334 g/mol. The Labute approximate surface area is 137 Å². The Morgan fingerprint density at radius 2 is 1.73 bits per heavy atom. The molecule has 0 fully saturated rings. The van der Waals surface area contributed by atoms with Crippen molar-refractivity contribution < 1.29 is 5.11 Å². The van der Waals surface area contributed by atoms with Gasteiger partial charge in [-0.3, -0.25) is 4.98 Å². The van der Waals surface area contributed by atoms with Gasteiger partial charge in [-0.15, -0.1) is 0 Å². The predicted octanol–water partition coefficient (Wildman–Crippen LogP) is 4.08. The third kappa shape index (κ3) is 3.30. The number of hydrogen-bond acceptors (Lipinski definition) is 4. The van der Waals surface area contributed by atoms with E-state index in [2.05, 4.69) is 15.3 Å². The molecule has 2 N–H and O–H groups in total. The van der Waals surface area contributed by atoms with E-state index in [4.69, 9.17) is 23.2 Å². The molecule has 0 aliphatic rings. The Bertz CT molecular complexity index is 796. The van der Waals surface area contributed by atoms with E-state index in [1.165, 1.54) is 0 Å². The fraction of sp³-hybridized carbons (Fsp3) is 0.125. The van der Waals surface area contributed by atoms with Crippen LogP contribution in [0, 0.1) is 0 Å². The first kappa shape index (κ1) is 15.0. The maximum Gasteiger partial charge on any atom is 0.145 e. The van der Waals surface area contributed by atoms with Gasteiger partial charge in [-0.1, -0.05) is 53.5 Å². The highest BCUT2D eigenvalue weighted by molar-refractivity contribution is 6.42. The highest BCUT2D eigenvalue weighted by Crippen LogP contribution is 2.26. The zero-order chi connectivity index (χ0) is 15.5. The van der Waals surface area contributed by atoms with Gasteiger partial charge in [-0.25, -0.2) is 4.98 Å². The Hall–Kier alpha value is -1.88. The molecule has 1 atom stereocenters. The Kier molecular flexibility index (Phi) is 4.43. The molecule has 3 aromatic rings. The Morgan fingerprint density at radius 3 is 2.45 bits per heavy atom. The number of anilines is 1. The van der Waals surface area contributed by atoms with Crippen molar-refractivity contribution in [3.8, 4) is 0 Å². The van der Waals surface area contributed by atoms with Crippen LogP contribution in [-0.4, -0.2) is 21.6 Å². The SMILES string of the molecule is OC(CNc1cnc2cc(Cl)c(Cl)cc2n1)c1ccccc1. The summed E-state index contributed by atoms with van der Waals surface area (Å²) in [5, 5.41) is 14.1. The van der Waals surface area contributed by atoms with Crippen LogP contribution >= 0.6 is 23.2 Å². The molecule has 1 aromatic heterocycles. The molecule has 112 valence electrons. The first-order valence-electron chi connectivity index (χ1n) is 6.72. The number of rotatable bonds is 4. The molecule has 22 heavy (non-hydrogen) atoms. The van der Waals surface area contributed by atoms with E-state index < -0.39 is 6.10 Å². The normalized spacial score (nSPS) is 12.3. The van der Waals surface area contributed by atoms with Crippen molar-refractivity contribution in [3.05, 3.63) is 64.3 Å². The molecule has 1 heterocycles. The summed E-state index contributed by atoms with van der Waals surface area (Å²) in [4.78, 5) is 8.70. The largest absolute Gasteiger partial charge is 0.387 e. The minimum atomic E-state index is -0.618. The lowest BCUT2D eigenvalue weighted by molar-refractivity contribution is 0.191. The van der Waals surface area contributed by atoms with E-state index in [0.717, 1.165) is 5.56 Å². The van der Waals surface area contributed by atoms with Crippen LogP contribution in [-0.2, 0) is 0 Å². The van der Waals surface area contributed by atoms with Crippen LogP contribution in [0.25, 0.3) is 11.0 Å². The van der Waals surface area contributed by atoms with Gasteiger partial charge in [0, 0.05) is 6.54 Å². The molecule has 0 amide bonds. The third-order valence-electron chi connectivity index (χ3n) is 3.25. The van der Waals surface area contributed by atoms with Crippen molar-refractivity contribution in [2.24, 2.45) is 0 Å². The number of benzene rings is 2. The van der Waals surface area contributed by atoms with Crippen LogP contribution in [0.15, 0.2) is 48.7 Å². The molecular formula is C16H13Cl2N3O. The number of halogens is 2. The molecule has 0 saturated carbocycles. The van der Waals surface area contributed by atoms with Crippen molar-refractivity contribution in [3.63, 3.8) is 0 Å². The summed E-state index contributed by atoms with van der Waals surface area (Å²) in [6.45, 7) is 0.339. The molecule has 2 aromatic carbocycles. The third-order valence-corrected chi connectivity index (χ3v) is 3.97. The van der Waals surface area contributed by atoms with E-state index in [1.807, 2.05) is 30.3 Å². The standard InChI is InChI=1S/C16H13Cl2N3O/c17-11-6-13-14(7-12(11)18)21-16(9-19-13)20-8-15(22)10-4-2-1-3-5-10/h1-7,9,15,22H,8H2,(H,20,21). The number of aliphatic hydroxyl groups excluding tert-OH is 1. The molecule has 0 aliphatic carbocycles. The maximum atomic E-state index is 10.1. The van der Waals surface area contributed by atoms with Crippen LogP contribution < -0.4 is 5.32 Å². The number of fused-ring (bicyclic) bond motifs is 1. The van der Waals surface area contributed by atoms with E-state index >= 15 is 0 Å². The number of aliphatic hydroxyl groups is 1. The van der Waals surface area contributed by atoms with E-state index in [0.29, 0.717) is 33.4 Å². The second-order valence-corrected chi connectivity index (χ2v) is 5.63. The van der Waals surface area contributed by atoms with Gasteiger partial charge in [0.25, 0.3) is 0 Å². The lowest BCUT2D eigenvalue weighted by Crippen LogP contribution is -2.13. The molecule has 0 saturated heterocycles. The molecule has 0 aliphatic heterocycles. The molecule has 6 heteroatoms. The van der Waals surface area contributed by atoms with Gasteiger partial charge < -0.3 is 10.4 Å². The van der Waals surface area contributed by atoms with Gasteiger partial charge in [-0.05, 0) is 17.7 Å². The maximum absolute atomic E-state index is 10.1. The topological polar surface area (TPSA) is 58.0 Å². The van der Waals surface area contributed by atoms with Crippen LogP contribution in [0.1, 0.15) is 11.7 Å². The Balaban J connectivity index is 1.75. The quantitative estimate of drug-likeness (QED) is 0.755. The molecule has 4 nitrogen and oxygen atoms in total. The van der Waals surface area contributed by atoms with Gasteiger partial charge in [0.1, 0.15) is 5.82 Å². The number of nitrogens with one attached hydrogen (secondary N) is 1. The minimum absolute atomic E-state index is 0.339. The van der Waals surface area contributed by atoms with Crippen LogP contribution in [0.2, 0.25) is 10.0 Å². The lowest BCUT2D eigenvalue weighted by Gasteiger charge is -2.12. The summed E-state index contributed by atoms with van der Waals surface area (Å²) in [5.74, 6) is 0.570. The van der Waals surface area contributed by atoms with Crippen molar-refractivity contribution in [2.75, 3.05) is 11.9 Å². The fourth-order valence-corrected chi connectivity index (χ4v) is 2.40. The highest BCUT2D eigenvalue weighted by atomic mass is 35.5. The molecular weight excluding hydrogens is 321 g/mol. The second kappa shape index (κ2) is 6.48. The fourth-order valence-electron chi connectivity index (χ4n) is 2.09. The van der Waals surface area contributed by atoms with Crippen LogP contribution in [0.5, 0.6) is 0 Å². The number of hydrogen-bond donors (Lipinski definition) is 2. The van der Waals surface area contributed by atoms with Gasteiger partial charge in [-0.2, -0.15) is 0 Å². The summed E-state index contributed by atoms with van der Waals surface area (Å²) in [6.07, 6.45) is 0.983. The summed E-state index contributed by atoms with van der Waals surface area (Å²) < 4.78 is 0. The number of aromatic nitrogens is 2. The summed E-state index contributed by atoms with van der Waals surface area (Å²) in [5.41, 5.74) is 2.16. The molecule has 0 radical (unpaired) electrons. The first-order chi connectivity index (χ1) is 10.6. The van der Waals surface area contributed by atoms with E-state index in [-0.39, 0.29) is 0 Å². The van der Waals surface area contributed by atoms with Gasteiger partial charge in [0.2, 0.25) is 0 Å². The molecule has 1 unspecified atom stereocenters. The zero-order valence-corrected chi connectivity index (χ0v) is 13.0. The lowest BCUT2D eigenvalue weighted by atomic mass is 10.1. The van der Waals surface area contributed by atoms with E-state index in [1.54, 1.807) is 18.3 Å². The number of nitrogens with zero attached hydrogens (tertiary/aromatic N) is 2. The predicted molar refractivity (Wildman–Crippen MR) is 89.4 cm³/mol. The highest BCUT2D eigenvalue weighted by Gasteiger charge is 2.08. The Morgan fingerprint density at radius 1 is 1.05 bits per heavy atom. The van der Waals surface area contributed by atoms with Gasteiger partial charge >= 0.3 is 0 Å².